The average Bonchev–Trinajstić information content (AvgIpc) is 2.85. The van der Waals surface area contributed by atoms with Gasteiger partial charge in [0, 0.05) is 37.3 Å². The zero-order valence-electron chi connectivity index (χ0n) is 11.9. The Balaban J connectivity index is 2.48. The Kier molecular flexibility index (Phi) is 3.94. The summed E-state index contributed by atoms with van der Waals surface area (Å²) in [5.74, 6) is -0.859. The Hall–Kier alpha value is -2.81. The number of ether oxygens (including phenoxy) is 1. The highest BCUT2D eigenvalue weighted by Gasteiger charge is 2.16. The lowest BCUT2D eigenvalue weighted by Gasteiger charge is -2.04. The monoisotopic (exact) mass is 287 g/mol. The number of H-pyrrole nitrogens is 1. The van der Waals surface area contributed by atoms with Gasteiger partial charge < -0.3 is 14.6 Å². The molecule has 0 aliphatic carbocycles. The number of carbonyl (C=O) groups is 1. The quantitative estimate of drug-likeness (QED) is 0.533. The lowest BCUT2D eigenvalue weighted by molar-refractivity contribution is 0.103. The van der Waals surface area contributed by atoms with Gasteiger partial charge in [0.15, 0.2) is 11.6 Å². The highest BCUT2D eigenvalue weighted by molar-refractivity contribution is 6.12. The average molecular weight is 287 g/mol. The van der Waals surface area contributed by atoms with Crippen molar-refractivity contribution >= 4 is 16.7 Å². The molecule has 0 spiro atoms. The maximum atomic E-state index is 13.6. The third-order valence-electron chi connectivity index (χ3n) is 2.89. The van der Waals surface area contributed by atoms with Gasteiger partial charge in [-0.25, -0.2) is 4.39 Å². The van der Waals surface area contributed by atoms with E-state index in [1.165, 1.54) is 25.4 Å². The van der Waals surface area contributed by atoms with E-state index in [0.717, 1.165) is 0 Å². The molecule has 1 heterocycles. The number of rotatable bonds is 4. The van der Waals surface area contributed by atoms with Crippen molar-refractivity contribution in [2.75, 3.05) is 21.2 Å². The molecule has 1 aromatic heterocycles. The molecule has 5 nitrogen and oxygen atoms in total. The Morgan fingerprint density at radius 3 is 2.71 bits per heavy atom. The molecule has 0 aliphatic heterocycles. The molecule has 0 bridgehead atoms. The molecule has 0 saturated heterocycles. The van der Waals surface area contributed by atoms with Crippen molar-refractivity contribution in [1.29, 1.82) is 5.26 Å². The van der Waals surface area contributed by atoms with Crippen molar-refractivity contribution in [2.24, 2.45) is 0 Å². The number of carbonyl (C=O) groups excluding carboxylic acids is 1. The molecule has 1 N–H and O–H groups in total. The van der Waals surface area contributed by atoms with Gasteiger partial charge in [0.2, 0.25) is 5.78 Å². The van der Waals surface area contributed by atoms with Crippen LogP contribution in [0.3, 0.4) is 0 Å². The number of nitrogens with zero attached hydrogens (tertiary/aromatic N) is 2. The van der Waals surface area contributed by atoms with E-state index in [-0.39, 0.29) is 17.0 Å². The maximum absolute atomic E-state index is 13.6. The molecule has 1 aromatic carbocycles. The topological polar surface area (TPSA) is 69.1 Å². The molecule has 0 amide bonds. The summed E-state index contributed by atoms with van der Waals surface area (Å²) in [5.41, 5.74) is 0.699. The van der Waals surface area contributed by atoms with Gasteiger partial charge in [0.25, 0.3) is 0 Å². The fourth-order valence-corrected chi connectivity index (χ4v) is 1.95. The van der Waals surface area contributed by atoms with Gasteiger partial charge >= 0.3 is 0 Å². The van der Waals surface area contributed by atoms with Crippen LogP contribution in [0, 0.1) is 17.1 Å². The van der Waals surface area contributed by atoms with E-state index in [2.05, 4.69) is 4.98 Å². The summed E-state index contributed by atoms with van der Waals surface area (Å²) in [6.07, 6.45) is 1.44. The number of halogens is 1. The van der Waals surface area contributed by atoms with Gasteiger partial charge in [-0.3, -0.25) is 4.79 Å². The number of hydrogen-bond acceptors (Lipinski definition) is 4. The van der Waals surface area contributed by atoms with Crippen LogP contribution in [0.25, 0.3) is 10.9 Å². The van der Waals surface area contributed by atoms with Crippen LogP contribution in [0.4, 0.5) is 4.39 Å². The molecule has 0 fully saturated rings. The number of aromatic amines is 1. The normalized spacial score (nSPS) is 11.3. The summed E-state index contributed by atoms with van der Waals surface area (Å²) in [7, 11) is 4.81. The fraction of sp³-hybridized carbons (Fsp3) is 0.200. The summed E-state index contributed by atoms with van der Waals surface area (Å²) < 4.78 is 18.5. The molecule has 108 valence electrons. The second-order valence-electron chi connectivity index (χ2n) is 4.70. The van der Waals surface area contributed by atoms with Crippen LogP contribution in [0.5, 0.6) is 5.75 Å². The van der Waals surface area contributed by atoms with E-state index >= 15 is 0 Å². The molecule has 0 unspecified atom stereocenters. The molecule has 21 heavy (non-hydrogen) atoms. The van der Waals surface area contributed by atoms with E-state index in [4.69, 9.17) is 10.00 Å². The fourth-order valence-electron chi connectivity index (χ4n) is 1.95. The standard InChI is InChI=1S/C15H14FN3O2/c1-19(2)8-10(7-17)15(20)13-4-9-5-14(21-3)11(16)6-12(9)18-13/h4-6,8,18H,1-3H3/b10-8-. The molecular formula is C15H14FN3O2. The van der Waals surface area contributed by atoms with Crippen molar-refractivity contribution in [3.8, 4) is 11.8 Å². The first-order valence-electron chi connectivity index (χ1n) is 6.15. The highest BCUT2D eigenvalue weighted by atomic mass is 19.1. The molecule has 0 atom stereocenters. The van der Waals surface area contributed by atoms with Crippen LogP contribution in [0.2, 0.25) is 0 Å². The van der Waals surface area contributed by atoms with Crippen molar-refractivity contribution in [2.45, 2.75) is 0 Å². The van der Waals surface area contributed by atoms with Gasteiger partial charge in [-0.05, 0) is 12.1 Å². The van der Waals surface area contributed by atoms with Crippen LogP contribution >= 0.6 is 0 Å². The molecule has 6 heteroatoms. The van der Waals surface area contributed by atoms with Crippen molar-refractivity contribution < 1.29 is 13.9 Å². The second kappa shape index (κ2) is 5.67. The van der Waals surface area contributed by atoms with Gasteiger partial charge in [-0.2, -0.15) is 5.26 Å². The van der Waals surface area contributed by atoms with E-state index in [9.17, 15) is 9.18 Å². The summed E-state index contributed by atoms with van der Waals surface area (Å²) in [5, 5.41) is 9.69. The number of Topliss-reactive ketones (excluding diaryl/α,β-unsaturated/α-hetero) is 1. The largest absolute Gasteiger partial charge is 0.494 e. The zero-order valence-corrected chi connectivity index (χ0v) is 11.9. The molecule has 0 saturated carbocycles. The molecule has 0 aliphatic rings. The highest BCUT2D eigenvalue weighted by Crippen LogP contribution is 2.25. The van der Waals surface area contributed by atoms with Crippen LogP contribution in [0.1, 0.15) is 10.5 Å². The van der Waals surface area contributed by atoms with Crippen LogP contribution in [-0.4, -0.2) is 36.9 Å². The van der Waals surface area contributed by atoms with Gasteiger partial charge in [-0.1, -0.05) is 0 Å². The SMILES string of the molecule is COc1cc2cc(C(=O)/C(C#N)=C\N(C)C)[nH]c2cc1F. The molecular weight excluding hydrogens is 273 g/mol. The third kappa shape index (κ3) is 2.87. The Labute approximate surface area is 121 Å². The van der Waals surface area contributed by atoms with Crippen LogP contribution in [0.15, 0.2) is 30.0 Å². The predicted molar refractivity (Wildman–Crippen MR) is 76.5 cm³/mol. The number of ketones is 1. The number of fused-ring (bicyclic) bond motifs is 1. The minimum atomic E-state index is -0.518. The van der Waals surface area contributed by atoms with E-state index < -0.39 is 11.6 Å². The maximum Gasteiger partial charge on any atom is 0.221 e. The zero-order chi connectivity index (χ0) is 15.6. The predicted octanol–water partition coefficient (Wildman–Crippen LogP) is 2.47. The molecule has 2 rings (SSSR count). The first-order chi connectivity index (χ1) is 9.96. The smallest absolute Gasteiger partial charge is 0.221 e. The van der Waals surface area contributed by atoms with E-state index in [1.54, 1.807) is 25.1 Å². The van der Waals surface area contributed by atoms with Crippen LogP contribution in [-0.2, 0) is 0 Å². The number of nitrogens with one attached hydrogen (secondary N) is 1. The summed E-state index contributed by atoms with van der Waals surface area (Å²) >= 11 is 0. The first kappa shape index (κ1) is 14.6. The van der Waals surface area contributed by atoms with Gasteiger partial charge in [0.05, 0.1) is 12.8 Å². The lowest BCUT2D eigenvalue weighted by Crippen LogP contribution is -2.09. The van der Waals surface area contributed by atoms with Crippen LogP contribution < -0.4 is 4.74 Å². The van der Waals surface area contributed by atoms with Gasteiger partial charge in [-0.15, -0.1) is 0 Å². The van der Waals surface area contributed by atoms with E-state index in [0.29, 0.717) is 10.9 Å². The lowest BCUT2D eigenvalue weighted by atomic mass is 10.1. The summed E-state index contributed by atoms with van der Waals surface area (Å²) in [6.45, 7) is 0. The Morgan fingerprint density at radius 2 is 2.14 bits per heavy atom. The number of aromatic nitrogens is 1. The van der Waals surface area contributed by atoms with Crippen molar-refractivity contribution in [3.05, 3.63) is 41.5 Å². The van der Waals surface area contributed by atoms with Crippen molar-refractivity contribution in [1.82, 2.24) is 9.88 Å². The Morgan fingerprint density at radius 1 is 1.43 bits per heavy atom. The number of hydrogen-bond donors (Lipinski definition) is 1. The number of benzene rings is 1. The molecule has 0 radical (unpaired) electrons. The summed E-state index contributed by atoms with van der Waals surface area (Å²) in [6, 6.07) is 6.19. The number of allylic oxidation sites excluding steroid dienone is 1. The van der Waals surface area contributed by atoms with E-state index in [1.807, 2.05) is 6.07 Å². The minimum absolute atomic E-state index is 0.000932. The number of nitriles is 1. The van der Waals surface area contributed by atoms with Gasteiger partial charge in [0.1, 0.15) is 11.6 Å². The Bertz CT molecular complexity index is 769. The second-order valence-corrected chi connectivity index (χ2v) is 4.70. The molecule has 2 aromatic rings. The third-order valence-corrected chi connectivity index (χ3v) is 2.89. The first-order valence-corrected chi connectivity index (χ1v) is 6.15. The minimum Gasteiger partial charge on any atom is -0.494 e. The van der Waals surface area contributed by atoms with Crippen molar-refractivity contribution in [3.63, 3.8) is 0 Å². The summed E-state index contributed by atoms with van der Waals surface area (Å²) in [4.78, 5) is 16.7. The number of methoxy groups -OCH3 is 1.